The van der Waals surface area contributed by atoms with E-state index in [0.29, 0.717) is 12.5 Å². The van der Waals surface area contributed by atoms with Crippen LogP contribution in [0.3, 0.4) is 0 Å². The van der Waals surface area contributed by atoms with Crippen LogP contribution in [0.1, 0.15) is 13.8 Å². The van der Waals surface area contributed by atoms with Gasteiger partial charge in [-0.2, -0.15) is 5.10 Å². The van der Waals surface area contributed by atoms with E-state index < -0.39 is 0 Å². The van der Waals surface area contributed by atoms with Gasteiger partial charge in [-0.3, -0.25) is 0 Å². The predicted molar refractivity (Wildman–Crippen MR) is 50.6 cm³/mol. The van der Waals surface area contributed by atoms with Gasteiger partial charge in [0.25, 0.3) is 0 Å². The van der Waals surface area contributed by atoms with Crippen molar-refractivity contribution in [2.45, 2.75) is 26.7 Å². The van der Waals surface area contributed by atoms with Gasteiger partial charge in [0.1, 0.15) is 6.73 Å². The van der Waals surface area contributed by atoms with Crippen LogP contribution in [0.15, 0.2) is 10.7 Å². The van der Waals surface area contributed by atoms with E-state index in [1.165, 1.54) is 0 Å². The highest BCUT2D eigenvalue weighted by atomic mass is 79.9. The molecule has 0 bridgehead atoms. The van der Waals surface area contributed by atoms with Crippen molar-refractivity contribution in [1.29, 1.82) is 0 Å². The number of nitrogens with zero attached hydrogens (tertiary/aromatic N) is 2. The van der Waals surface area contributed by atoms with Crippen molar-refractivity contribution >= 4 is 21.7 Å². The third-order valence-corrected chi connectivity index (χ3v) is 1.89. The van der Waals surface area contributed by atoms with Crippen LogP contribution in [0.25, 0.3) is 0 Å². The summed E-state index contributed by atoms with van der Waals surface area (Å²) in [7, 11) is 0. The highest BCUT2D eigenvalue weighted by Gasteiger charge is 2.02. The van der Waals surface area contributed by atoms with Gasteiger partial charge in [-0.25, -0.2) is 4.68 Å². The molecule has 0 atom stereocenters. The molecule has 0 saturated carbocycles. The maximum Gasteiger partial charge on any atom is 0.159 e. The third kappa shape index (κ3) is 2.49. The van der Waals surface area contributed by atoms with Crippen LogP contribution in [0.5, 0.6) is 0 Å². The molecule has 68 valence electrons. The summed E-state index contributed by atoms with van der Waals surface area (Å²) in [6, 6.07) is 0. The van der Waals surface area contributed by atoms with Gasteiger partial charge >= 0.3 is 0 Å². The lowest BCUT2D eigenvalue weighted by molar-refractivity contribution is 0.0222. The van der Waals surface area contributed by atoms with E-state index in [-0.39, 0.29) is 6.10 Å². The van der Waals surface area contributed by atoms with Crippen molar-refractivity contribution in [3.05, 3.63) is 10.7 Å². The number of anilines is 1. The van der Waals surface area contributed by atoms with Crippen LogP contribution >= 0.6 is 15.9 Å². The summed E-state index contributed by atoms with van der Waals surface area (Å²) in [5, 5.41) is 4.00. The van der Waals surface area contributed by atoms with E-state index in [0.717, 1.165) is 4.47 Å². The quantitative estimate of drug-likeness (QED) is 0.864. The summed E-state index contributed by atoms with van der Waals surface area (Å²) < 4.78 is 7.77. The highest BCUT2D eigenvalue weighted by Crippen LogP contribution is 2.16. The van der Waals surface area contributed by atoms with Gasteiger partial charge in [0.2, 0.25) is 0 Å². The van der Waals surface area contributed by atoms with Gasteiger partial charge in [-0.15, -0.1) is 0 Å². The second-order valence-electron chi connectivity index (χ2n) is 2.75. The number of hydrogen-bond donors (Lipinski definition) is 1. The highest BCUT2D eigenvalue weighted by molar-refractivity contribution is 9.10. The van der Waals surface area contributed by atoms with Crippen molar-refractivity contribution in [3.63, 3.8) is 0 Å². The average molecular weight is 234 g/mol. The van der Waals surface area contributed by atoms with E-state index in [9.17, 15) is 0 Å². The van der Waals surface area contributed by atoms with E-state index in [1.807, 2.05) is 13.8 Å². The molecule has 0 saturated heterocycles. The second-order valence-corrected chi connectivity index (χ2v) is 3.60. The molecule has 0 aliphatic heterocycles. The summed E-state index contributed by atoms with van der Waals surface area (Å²) in [6.07, 6.45) is 1.99. The minimum absolute atomic E-state index is 0.203. The Balaban J connectivity index is 2.53. The molecule has 1 aromatic heterocycles. The van der Waals surface area contributed by atoms with Gasteiger partial charge in [-0.1, -0.05) is 0 Å². The summed E-state index contributed by atoms with van der Waals surface area (Å²) in [5.74, 6) is 0.488. The second kappa shape index (κ2) is 3.91. The zero-order valence-corrected chi connectivity index (χ0v) is 8.71. The minimum Gasteiger partial charge on any atom is -0.381 e. The first-order chi connectivity index (χ1) is 5.59. The van der Waals surface area contributed by atoms with E-state index in [2.05, 4.69) is 21.0 Å². The first-order valence-corrected chi connectivity index (χ1v) is 4.49. The van der Waals surface area contributed by atoms with E-state index >= 15 is 0 Å². The zero-order valence-electron chi connectivity index (χ0n) is 7.12. The fraction of sp³-hybridized carbons (Fsp3) is 0.571. The van der Waals surface area contributed by atoms with E-state index in [1.54, 1.807) is 10.9 Å². The van der Waals surface area contributed by atoms with Crippen molar-refractivity contribution in [2.75, 3.05) is 5.73 Å². The number of halogens is 1. The molecule has 0 unspecified atom stereocenters. The first-order valence-electron chi connectivity index (χ1n) is 3.69. The molecule has 1 aromatic rings. The number of nitrogen functional groups attached to an aromatic ring is 1. The van der Waals surface area contributed by atoms with Gasteiger partial charge in [-0.05, 0) is 29.8 Å². The summed E-state index contributed by atoms with van der Waals surface area (Å²) in [4.78, 5) is 0. The molecule has 0 amide bonds. The van der Waals surface area contributed by atoms with Crippen molar-refractivity contribution in [3.8, 4) is 0 Å². The number of hydrogen-bond acceptors (Lipinski definition) is 3. The zero-order chi connectivity index (χ0) is 9.14. The predicted octanol–water partition coefficient (Wildman–Crippen LogP) is 1.61. The van der Waals surface area contributed by atoms with Crippen molar-refractivity contribution in [2.24, 2.45) is 0 Å². The Bertz CT molecular complexity index is 240. The maximum absolute atomic E-state index is 5.51. The molecule has 2 N–H and O–H groups in total. The Labute approximate surface area is 79.8 Å². The Morgan fingerprint density at radius 2 is 2.42 bits per heavy atom. The number of aromatic nitrogens is 2. The van der Waals surface area contributed by atoms with Crippen LogP contribution < -0.4 is 5.73 Å². The molecule has 4 nitrogen and oxygen atoms in total. The Kier molecular flexibility index (Phi) is 3.11. The number of rotatable bonds is 3. The SMILES string of the molecule is CC(C)OCn1cc(Br)c(N)n1. The molecule has 12 heavy (non-hydrogen) atoms. The number of nitrogens with two attached hydrogens (primary N) is 1. The van der Waals surface area contributed by atoms with Crippen molar-refractivity contribution in [1.82, 2.24) is 9.78 Å². The van der Waals surface area contributed by atoms with E-state index in [4.69, 9.17) is 10.5 Å². The van der Waals surface area contributed by atoms with Crippen LogP contribution in [-0.4, -0.2) is 15.9 Å². The summed E-state index contributed by atoms with van der Waals surface area (Å²) >= 11 is 3.26. The van der Waals surface area contributed by atoms with Crippen LogP contribution in [0.4, 0.5) is 5.82 Å². The van der Waals surface area contributed by atoms with Gasteiger partial charge in [0.15, 0.2) is 5.82 Å². The molecule has 0 aliphatic carbocycles. The molecule has 0 aliphatic rings. The molecular weight excluding hydrogens is 222 g/mol. The summed E-state index contributed by atoms with van der Waals surface area (Å²) in [5.41, 5.74) is 5.51. The Morgan fingerprint density at radius 1 is 1.75 bits per heavy atom. The fourth-order valence-corrected chi connectivity index (χ4v) is 1.02. The minimum atomic E-state index is 0.203. The lowest BCUT2D eigenvalue weighted by atomic mass is 10.5. The van der Waals surface area contributed by atoms with Gasteiger partial charge in [0.05, 0.1) is 10.6 Å². The lowest BCUT2D eigenvalue weighted by Gasteiger charge is -2.06. The Hall–Kier alpha value is -0.550. The van der Waals surface area contributed by atoms with Crippen LogP contribution in [0.2, 0.25) is 0 Å². The summed E-state index contributed by atoms with van der Waals surface area (Å²) in [6.45, 7) is 4.39. The van der Waals surface area contributed by atoms with Crippen LogP contribution in [0, 0.1) is 0 Å². The molecule has 0 radical (unpaired) electrons. The van der Waals surface area contributed by atoms with Gasteiger partial charge in [0, 0.05) is 6.20 Å². The molecular formula is C7H12BrN3O. The topological polar surface area (TPSA) is 53.1 Å². The molecule has 0 fully saturated rings. The molecule has 1 heterocycles. The third-order valence-electron chi connectivity index (χ3n) is 1.28. The molecule has 1 rings (SSSR count). The Morgan fingerprint density at radius 3 is 2.83 bits per heavy atom. The molecule has 5 heteroatoms. The number of ether oxygens (including phenoxy) is 1. The lowest BCUT2D eigenvalue weighted by Crippen LogP contribution is -2.08. The average Bonchev–Trinajstić information content (AvgIpc) is 2.28. The largest absolute Gasteiger partial charge is 0.381 e. The maximum atomic E-state index is 5.51. The monoisotopic (exact) mass is 233 g/mol. The molecule has 0 spiro atoms. The first kappa shape index (κ1) is 9.54. The fourth-order valence-electron chi connectivity index (χ4n) is 0.704. The normalized spacial score (nSPS) is 11.0. The van der Waals surface area contributed by atoms with Crippen molar-refractivity contribution < 1.29 is 4.74 Å². The van der Waals surface area contributed by atoms with Crippen LogP contribution in [-0.2, 0) is 11.5 Å². The standard InChI is InChI=1S/C7H12BrN3O/c1-5(2)12-4-11-3-6(8)7(9)10-11/h3,5H,4H2,1-2H3,(H2,9,10). The smallest absolute Gasteiger partial charge is 0.159 e. The van der Waals surface area contributed by atoms with Gasteiger partial charge < -0.3 is 10.5 Å². The molecule has 0 aromatic carbocycles.